The number of carbonyl (C=O) groups excluding carboxylic acids is 1. The first-order valence-corrected chi connectivity index (χ1v) is 5.67. The molecule has 0 unspecified atom stereocenters. The normalized spacial score (nSPS) is 13.6. The van der Waals surface area contributed by atoms with Gasteiger partial charge in [0.1, 0.15) is 11.8 Å². The number of hydrogen-bond acceptors (Lipinski definition) is 2. The summed E-state index contributed by atoms with van der Waals surface area (Å²) >= 11 is 0. The van der Waals surface area contributed by atoms with E-state index < -0.39 is 0 Å². The maximum absolute atomic E-state index is 12.2. The van der Waals surface area contributed by atoms with Crippen molar-refractivity contribution in [2.24, 2.45) is 0 Å². The van der Waals surface area contributed by atoms with Gasteiger partial charge in [-0.05, 0) is 23.8 Å². The average Bonchev–Trinajstić information content (AvgIpc) is 2.82. The molecule has 0 radical (unpaired) electrons. The Labute approximate surface area is 105 Å². The van der Waals surface area contributed by atoms with Crippen LogP contribution in [-0.4, -0.2) is 22.4 Å². The summed E-state index contributed by atoms with van der Waals surface area (Å²) in [7, 11) is 1.77. The highest BCUT2D eigenvalue weighted by Crippen LogP contribution is 2.26. The predicted octanol–water partition coefficient (Wildman–Crippen LogP) is 1.93. The first-order chi connectivity index (χ1) is 8.72. The van der Waals surface area contributed by atoms with Gasteiger partial charge in [0.05, 0.1) is 11.3 Å². The second kappa shape index (κ2) is 3.74. The van der Waals surface area contributed by atoms with Gasteiger partial charge in [-0.25, -0.2) is 0 Å². The van der Waals surface area contributed by atoms with E-state index in [1.54, 1.807) is 28.6 Å². The Morgan fingerprint density at radius 3 is 2.89 bits per heavy atom. The second-order valence-electron chi connectivity index (χ2n) is 4.35. The smallest absolute Gasteiger partial charge is 0.270 e. The molecule has 1 amide bonds. The predicted molar refractivity (Wildman–Crippen MR) is 66.3 cm³/mol. The molecule has 0 saturated carbocycles. The first-order valence-electron chi connectivity index (χ1n) is 5.67. The zero-order valence-corrected chi connectivity index (χ0v) is 9.92. The molecular weight excluding hydrogens is 226 g/mol. The topological polar surface area (TPSA) is 49.0 Å². The van der Waals surface area contributed by atoms with Crippen molar-refractivity contribution in [2.45, 2.75) is 6.54 Å². The molecule has 0 atom stereocenters. The summed E-state index contributed by atoms with van der Waals surface area (Å²) in [4.78, 5) is 13.9. The number of aromatic nitrogens is 1. The molecular formula is C14H11N3O. The largest absolute Gasteiger partial charge is 0.336 e. The number of rotatable bonds is 0. The molecule has 1 aromatic heterocycles. The Hall–Kier alpha value is -2.54. The van der Waals surface area contributed by atoms with Crippen LogP contribution in [0.4, 0.5) is 0 Å². The summed E-state index contributed by atoms with van der Waals surface area (Å²) < 4.78 is 1.81. The number of para-hydroxylation sites is 1. The van der Waals surface area contributed by atoms with Gasteiger partial charge in [0.25, 0.3) is 5.91 Å². The van der Waals surface area contributed by atoms with Crippen LogP contribution in [0.5, 0.6) is 0 Å². The van der Waals surface area contributed by atoms with Crippen molar-refractivity contribution in [3.05, 3.63) is 53.3 Å². The minimum atomic E-state index is -0.0277. The SMILES string of the molecule is CN1Cc2cccc(C#N)c2-n2cccc2C1=O. The quantitative estimate of drug-likeness (QED) is 0.703. The number of amides is 1. The Bertz CT molecular complexity index is 679. The fourth-order valence-electron chi connectivity index (χ4n) is 2.37. The molecule has 0 fully saturated rings. The number of fused-ring (bicyclic) bond motifs is 3. The molecule has 1 aliphatic rings. The Morgan fingerprint density at radius 2 is 2.11 bits per heavy atom. The van der Waals surface area contributed by atoms with E-state index in [9.17, 15) is 10.1 Å². The third-order valence-corrected chi connectivity index (χ3v) is 3.20. The molecule has 2 heterocycles. The molecule has 18 heavy (non-hydrogen) atoms. The van der Waals surface area contributed by atoms with Crippen molar-refractivity contribution in [3.8, 4) is 11.8 Å². The van der Waals surface area contributed by atoms with E-state index in [2.05, 4.69) is 6.07 Å². The lowest BCUT2D eigenvalue weighted by atomic mass is 10.1. The summed E-state index contributed by atoms with van der Waals surface area (Å²) in [6, 6.07) is 11.4. The molecule has 0 saturated heterocycles. The van der Waals surface area contributed by atoms with Gasteiger partial charge < -0.3 is 9.47 Å². The zero-order valence-electron chi connectivity index (χ0n) is 9.92. The number of nitrogens with zero attached hydrogens (tertiary/aromatic N) is 3. The molecule has 4 nitrogen and oxygen atoms in total. The highest BCUT2D eigenvalue weighted by Gasteiger charge is 2.24. The van der Waals surface area contributed by atoms with E-state index >= 15 is 0 Å². The first kappa shape index (κ1) is 10.6. The number of nitriles is 1. The van der Waals surface area contributed by atoms with Gasteiger partial charge in [0.15, 0.2) is 0 Å². The van der Waals surface area contributed by atoms with Gasteiger partial charge in [-0.3, -0.25) is 4.79 Å². The summed E-state index contributed by atoms with van der Waals surface area (Å²) in [6.07, 6.45) is 1.83. The van der Waals surface area contributed by atoms with E-state index in [4.69, 9.17) is 0 Å². The van der Waals surface area contributed by atoms with Crippen LogP contribution in [0, 0.1) is 11.3 Å². The van der Waals surface area contributed by atoms with Gasteiger partial charge in [0, 0.05) is 19.8 Å². The van der Waals surface area contributed by atoms with E-state index in [-0.39, 0.29) is 5.91 Å². The number of benzene rings is 1. The van der Waals surface area contributed by atoms with Gasteiger partial charge in [0.2, 0.25) is 0 Å². The molecule has 4 heteroatoms. The van der Waals surface area contributed by atoms with Crippen LogP contribution in [0.3, 0.4) is 0 Å². The molecule has 1 aromatic carbocycles. The minimum Gasteiger partial charge on any atom is -0.336 e. The third-order valence-electron chi connectivity index (χ3n) is 3.20. The van der Waals surface area contributed by atoms with Crippen molar-refractivity contribution >= 4 is 5.91 Å². The minimum absolute atomic E-state index is 0.0277. The second-order valence-corrected chi connectivity index (χ2v) is 4.35. The molecule has 2 aromatic rings. The fourth-order valence-corrected chi connectivity index (χ4v) is 2.37. The molecule has 0 N–H and O–H groups in total. The lowest BCUT2D eigenvalue weighted by molar-refractivity contribution is 0.0782. The molecule has 3 rings (SSSR count). The molecule has 88 valence electrons. The zero-order chi connectivity index (χ0) is 12.7. The van der Waals surface area contributed by atoms with Crippen molar-refractivity contribution in [1.29, 1.82) is 5.26 Å². The highest BCUT2D eigenvalue weighted by molar-refractivity contribution is 5.94. The summed E-state index contributed by atoms with van der Waals surface area (Å²) in [5.74, 6) is -0.0277. The number of hydrogen-bond donors (Lipinski definition) is 0. The lowest BCUT2D eigenvalue weighted by Gasteiger charge is -2.13. The lowest BCUT2D eigenvalue weighted by Crippen LogP contribution is -2.25. The molecule has 0 bridgehead atoms. The van der Waals surface area contributed by atoms with Crippen LogP contribution in [0.2, 0.25) is 0 Å². The van der Waals surface area contributed by atoms with Gasteiger partial charge in [-0.1, -0.05) is 12.1 Å². The highest BCUT2D eigenvalue weighted by atomic mass is 16.2. The fraction of sp³-hybridized carbons (Fsp3) is 0.143. The van der Waals surface area contributed by atoms with Crippen molar-refractivity contribution in [1.82, 2.24) is 9.47 Å². The monoisotopic (exact) mass is 237 g/mol. The van der Waals surface area contributed by atoms with Crippen molar-refractivity contribution in [3.63, 3.8) is 0 Å². The Balaban J connectivity index is 2.38. The van der Waals surface area contributed by atoms with Crippen LogP contribution in [0.25, 0.3) is 5.69 Å². The van der Waals surface area contributed by atoms with Crippen molar-refractivity contribution in [2.75, 3.05) is 7.05 Å². The summed E-state index contributed by atoms with van der Waals surface area (Å²) in [5.41, 5.74) is 2.99. The van der Waals surface area contributed by atoms with E-state index in [1.165, 1.54) is 0 Å². The van der Waals surface area contributed by atoms with E-state index in [0.29, 0.717) is 17.8 Å². The van der Waals surface area contributed by atoms with Crippen LogP contribution in [-0.2, 0) is 6.54 Å². The van der Waals surface area contributed by atoms with Crippen molar-refractivity contribution < 1.29 is 4.79 Å². The van der Waals surface area contributed by atoms with Crippen LogP contribution in [0.15, 0.2) is 36.5 Å². The van der Waals surface area contributed by atoms with E-state index in [0.717, 1.165) is 11.3 Å². The van der Waals surface area contributed by atoms with E-state index in [1.807, 2.05) is 24.4 Å². The third kappa shape index (κ3) is 1.34. The van der Waals surface area contributed by atoms with Crippen LogP contribution < -0.4 is 0 Å². The van der Waals surface area contributed by atoms with Crippen LogP contribution in [0.1, 0.15) is 21.6 Å². The van der Waals surface area contributed by atoms with Gasteiger partial charge in [-0.15, -0.1) is 0 Å². The average molecular weight is 237 g/mol. The summed E-state index contributed by atoms with van der Waals surface area (Å²) in [5, 5.41) is 9.22. The maximum Gasteiger partial charge on any atom is 0.270 e. The Morgan fingerprint density at radius 1 is 1.28 bits per heavy atom. The molecule has 1 aliphatic heterocycles. The summed E-state index contributed by atoms with van der Waals surface area (Å²) in [6.45, 7) is 0.519. The standard InChI is InChI=1S/C14H11N3O/c1-16-9-11-5-2-4-10(8-15)13(11)17-7-3-6-12(17)14(16)18/h2-7H,9H2,1H3. The Kier molecular flexibility index (Phi) is 2.20. The maximum atomic E-state index is 12.2. The van der Waals surface area contributed by atoms with Gasteiger partial charge in [-0.2, -0.15) is 5.26 Å². The number of carbonyl (C=O) groups is 1. The van der Waals surface area contributed by atoms with Gasteiger partial charge >= 0.3 is 0 Å². The molecule has 0 aliphatic carbocycles. The molecule has 0 spiro atoms. The van der Waals surface area contributed by atoms with Crippen LogP contribution >= 0.6 is 0 Å².